The van der Waals surface area contributed by atoms with Gasteiger partial charge in [0.1, 0.15) is 12.4 Å². The third-order valence-corrected chi connectivity index (χ3v) is 5.97. The van der Waals surface area contributed by atoms with Crippen LogP contribution in [0.25, 0.3) is 0 Å². The number of nitrogens with zero attached hydrogens (tertiary/aromatic N) is 2. The quantitative estimate of drug-likeness (QED) is 0.509. The van der Waals surface area contributed by atoms with Gasteiger partial charge in [-0.2, -0.15) is 18.2 Å². The molecule has 2 fully saturated rings. The van der Waals surface area contributed by atoms with E-state index in [2.05, 4.69) is 20.6 Å². The minimum absolute atomic E-state index is 0.0265. The minimum atomic E-state index is -4.33. The molecule has 8 nitrogen and oxygen atoms in total. The van der Waals surface area contributed by atoms with E-state index >= 15 is 0 Å². The number of carbonyl (C=O) groups excluding carboxylic acids is 1. The predicted molar refractivity (Wildman–Crippen MR) is 109 cm³/mol. The van der Waals surface area contributed by atoms with Crippen molar-refractivity contribution < 1.29 is 27.8 Å². The molecule has 3 rings (SSSR count). The third-order valence-electron chi connectivity index (χ3n) is 5.97. The highest BCUT2D eigenvalue weighted by Crippen LogP contribution is 2.33. The summed E-state index contributed by atoms with van der Waals surface area (Å²) < 4.78 is 42.1. The Bertz CT molecular complexity index is 769. The van der Waals surface area contributed by atoms with Crippen LogP contribution in [0.5, 0.6) is 0 Å². The first kappa shape index (κ1) is 23.5. The maximum absolute atomic E-state index is 12.4. The molecule has 174 valence electrons. The molecule has 1 heterocycles. The van der Waals surface area contributed by atoms with Crippen molar-refractivity contribution >= 4 is 17.7 Å². The van der Waals surface area contributed by atoms with E-state index in [1.165, 1.54) is 6.20 Å². The molecule has 0 spiro atoms. The van der Waals surface area contributed by atoms with Crippen molar-refractivity contribution in [3.8, 4) is 0 Å². The van der Waals surface area contributed by atoms with Crippen LogP contribution in [-0.4, -0.2) is 57.6 Å². The Balaban J connectivity index is 1.64. The smallest absolute Gasteiger partial charge is 0.393 e. The van der Waals surface area contributed by atoms with E-state index in [4.69, 9.17) is 10.5 Å². The number of anilines is 2. The van der Waals surface area contributed by atoms with Gasteiger partial charge < -0.3 is 26.2 Å². The lowest BCUT2D eigenvalue weighted by atomic mass is 9.82. The molecule has 0 radical (unpaired) electrons. The number of rotatable bonds is 7. The molecule has 0 bridgehead atoms. The Kier molecular flexibility index (Phi) is 7.25. The lowest BCUT2D eigenvalue weighted by Gasteiger charge is -2.38. The molecule has 0 unspecified atom stereocenters. The molecule has 2 saturated carbocycles. The lowest BCUT2D eigenvalue weighted by Crippen LogP contribution is -2.42. The Hall–Kier alpha value is -2.14. The van der Waals surface area contributed by atoms with Crippen LogP contribution in [0.1, 0.15) is 68.6 Å². The van der Waals surface area contributed by atoms with E-state index in [1.807, 2.05) is 6.92 Å². The van der Waals surface area contributed by atoms with Gasteiger partial charge in [-0.05, 0) is 58.3 Å². The van der Waals surface area contributed by atoms with Crippen LogP contribution < -0.4 is 16.4 Å². The minimum Gasteiger partial charge on any atom is -0.393 e. The van der Waals surface area contributed by atoms with E-state index in [0.29, 0.717) is 43.9 Å². The van der Waals surface area contributed by atoms with Crippen LogP contribution in [0.4, 0.5) is 24.9 Å². The maximum Gasteiger partial charge on any atom is 0.411 e. The lowest BCUT2D eigenvalue weighted by molar-refractivity contribution is -0.188. The second-order valence-electron chi connectivity index (χ2n) is 8.79. The summed E-state index contributed by atoms with van der Waals surface area (Å²) >= 11 is 0. The summed E-state index contributed by atoms with van der Waals surface area (Å²) in [5, 5.41) is 16.4. The molecule has 1 aromatic heterocycles. The Morgan fingerprint density at radius 2 is 2.03 bits per heavy atom. The number of amides is 1. The van der Waals surface area contributed by atoms with Gasteiger partial charge in [-0.3, -0.25) is 4.79 Å². The van der Waals surface area contributed by atoms with Crippen molar-refractivity contribution in [3.05, 3.63) is 11.8 Å². The molecule has 1 aromatic rings. The number of nitrogens with one attached hydrogen (secondary N) is 2. The molecular formula is C20H30F3N5O3. The van der Waals surface area contributed by atoms with Crippen LogP contribution in [-0.2, 0) is 4.74 Å². The number of aromatic nitrogens is 2. The summed E-state index contributed by atoms with van der Waals surface area (Å²) in [7, 11) is 0. The van der Waals surface area contributed by atoms with E-state index in [9.17, 15) is 23.1 Å². The summed E-state index contributed by atoms with van der Waals surface area (Å²) in [4.78, 5) is 20.4. The number of hydrogen-bond donors (Lipinski definition) is 4. The van der Waals surface area contributed by atoms with Gasteiger partial charge in [0.05, 0.1) is 17.8 Å². The zero-order chi connectivity index (χ0) is 22.6. The fraction of sp³-hybridized carbons (Fsp3) is 0.750. The SMILES string of the molecule is CC1(Nc2ncc(C(N)=O)c(N[C@@H]3CCC[C@H](O)C3)n2)CCC(OCC(F)(F)F)CC1. The van der Waals surface area contributed by atoms with Crippen molar-refractivity contribution in [2.24, 2.45) is 5.73 Å². The second-order valence-corrected chi connectivity index (χ2v) is 8.79. The first-order chi connectivity index (χ1) is 14.5. The van der Waals surface area contributed by atoms with Gasteiger partial charge in [0.25, 0.3) is 5.91 Å². The highest BCUT2D eigenvalue weighted by atomic mass is 19.4. The average molecular weight is 445 g/mol. The molecule has 2 aliphatic rings. The molecule has 31 heavy (non-hydrogen) atoms. The summed E-state index contributed by atoms with van der Waals surface area (Å²) in [6.07, 6.45) is 1.41. The monoisotopic (exact) mass is 445 g/mol. The van der Waals surface area contributed by atoms with E-state index in [-0.39, 0.29) is 11.6 Å². The summed E-state index contributed by atoms with van der Waals surface area (Å²) in [6, 6.07) is -0.0265. The number of primary amides is 1. The molecule has 0 aliphatic heterocycles. The van der Waals surface area contributed by atoms with Crippen molar-refractivity contribution in [1.82, 2.24) is 9.97 Å². The van der Waals surface area contributed by atoms with Crippen molar-refractivity contribution in [2.75, 3.05) is 17.2 Å². The fourth-order valence-electron chi connectivity index (χ4n) is 4.22. The molecule has 0 aromatic carbocycles. The topological polar surface area (TPSA) is 122 Å². The van der Waals surface area contributed by atoms with E-state index in [1.54, 1.807) is 0 Å². The van der Waals surface area contributed by atoms with Gasteiger partial charge in [-0.1, -0.05) is 0 Å². The maximum atomic E-state index is 12.4. The number of ether oxygens (including phenoxy) is 1. The Labute approximate surface area is 179 Å². The molecular weight excluding hydrogens is 415 g/mol. The van der Waals surface area contributed by atoms with Gasteiger partial charge in [0.2, 0.25) is 5.95 Å². The van der Waals surface area contributed by atoms with Gasteiger partial charge in [0.15, 0.2) is 0 Å². The number of carbonyl (C=O) groups is 1. The number of alkyl halides is 3. The summed E-state index contributed by atoms with van der Waals surface area (Å²) in [6.45, 7) is 0.729. The molecule has 11 heteroatoms. The van der Waals surface area contributed by atoms with Gasteiger partial charge in [0, 0.05) is 17.8 Å². The van der Waals surface area contributed by atoms with Crippen LogP contribution in [0.15, 0.2) is 6.20 Å². The van der Waals surface area contributed by atoms with Gasteiger partial charge in [-0.15, -0.1) is 0 Å². The molecule has 5 N–H and O–H groups in total. The average Bonchev–Trinajstić information content (AvgIpc) is 2.67. The Morgan fingerprint density at radius 1 is 1.32 bits per heavy atom. The van der Waals surface area contributed by atoms with E-state index in [0.717, 1.165) is 19.3 Å². The normalized spacial score (nSPS) is 29.4. The van der Waals surface area contributed by atoms with Gasteiger partial charge >= 0.3 is 6.18 Å². The zero-order valence-corrected chi connectivity index (χ0v) is 17.5. The highest BCUT2D eigenvalue weighted by molar-refractivity contribution is 5.97. The number of aliphatic hydroxyl groups excluding tert-OH is 1. The fourth-order valence-corrected chi connectivity index (χ4v) is 4.22. The van der Waals surface area contributed by atoms with Crippen LogP contribution in [0.3, 0.4) is 0 Å². The van der Waals surface area contributed by atoms with Crippen molar-refractivity contribution in [2.45, 2.75) is 88.3 Å². The highest BCUT2D eigenvalue weighted by Gasteiger charge is 2.35. The largest absolute Gasteiger partial charge is 0.411 e. The van der Waals surface area contributed by atoms with Gasteiger partial charge in [-0.25, -0.2) is 4.98 Å². The van der Waals surface area contributed by atoms with Crippen LogP contribution >= 0.6 is 0 Å². The number of nitrogens with two attached hydrogens (primary N) is 1. The molecule has 2 atom stereocenters. The first-order valence-electron chi connectivity index (χ1n) is 10.6. The van der Waals surface area contributed by atoms with Crippen LogP contribution in [0, 0.1) is 0 Å². The van der Waals surface area contributed by atoms with E-state index < -0.39 is 36.4 Å². The number of halogens is 3. The standard InChI is InChI=1S/C20H30F3N5O3/c1-19(7-5-14(6-8-19)31-11-20(21,22)23)28-18-25-10-15(16(24)30)17(27-18)26-12-3-2-4-13(29)9-12/h10,12-14,29H,2-9,11H2,1H3,(H2,24,30)(H2,25,26,27,28)/t12-,13+,14?,19?/m1/s1. The predicted octanol–water partition coefficient (Wildman–Crippen LogP) is 2.98. The van der Waals surface area contributed by atoms with Crippen molar-refractivity contribution in [1.29, 1.82) is 0 Å². The third kappa shape index (κ3) is 6.93. The number of aliphatic hydroxyl groups is 1. The number of hydrogen-bond acceptors (Lipinski definition) is 7. The van der Waals surface area contributed by atoms with Crippen LogP contribution in [0.2, 0.25) is 0 Å². The first-order valence-corrected chi connectivity index (χ1v) is 10.6. The second kappa shape index (κ2) is 9.56. The summed E-state index contributed by atoms with van der Waals surface area (Å²) in [5.74, 6) is -0.0325. The molecule has 2 aliphatic carbocycles. The Morgan fingerprint density at radius 3 is 2.65 bits per heavy atom. The zero-order valence-electron chi connectivity index (χ0n) is 17.5. The molecule has 1 amide bonds. The summed E-state index contributed by atoms with van der Waals surface area (Å²) in [5.41, 5.74) is 5.21. The molecule has 0 saturated heterocycles. The van der Waals surface area contributed by atoms with Crippen molar-refractivity contribution in [3.63, 3.8) is 0 Å².